The van der Waals surface area contributed by atoms with Crippen LogP contribution in [0.3, 0.4) is 0 Å². The van der Waals surface area contributed by atoms with Gasteiger partial charge in [0.15, 0.2) is 0 Å². The van der Waals surface area contributed by atoms with Crippen molar-refractivity contribution in [3.05, 3.63) is 29.3 Å². The first-order valence-corrected chi connectivity index (χ1v) is 8.13. The van der Waals surface area contributed by atoms with Gasteiger partial charge in [0.05, 0.1) is 5.25 Å². The summed E-state index contributed by atoms with van der Waals surface area (Å²) in [6.45, 7) is 1.96. The quantitative estimate of drug-likeness (QED) is 0.841. The van der Waals surface area contributed by atoms with Crippen molar-refractivity contribution in [1.29, 1.82) is 0 Å². The van der Waals surface area contributed by atoms with Gasteiger partial charge in [-0.3, -0.25) is 4.79 Å². The highest BCUT2D eigenvalue weighted by Gasteiger charge is 2.20. The number of thioether (sulfide) groups is 1. The van der Waals surface area contributed by atoms with Gasteiger partial charge in [-0.25, -0.2) is 0 Å². The number of rotatable bonds is 4. The van der Waals surface area contributed by atoms with Crippen LogP contribution in [0.5, 0.6) is 0 Å². The molecule has 0 saturated heterocycles. The van der Waals surface area contributed by atoms with Crippen molar-refractivity contribution in [2.24, 2.45) is 0 Å². The summed E-state index contributed by atoms with van der Waals surface area (Å²) in [6.07, 6.45) is 6.04. The van der Waals surface area contributed by atoms with E-state index in [1.807, 2.05) is 31.2 Å². The molecular formula is C15H20ClNOS. The lowest BCUT2D eigenvalue weighted by Gasteiger charge is -2.24. The highest BCUT2D eigenvalue weighted by Crippen LogP contribution is 2.25. The lowest BCUT2D eigenvalue weighted by molar-refractivity contribution is -0.121. The molecule has 1 atom stereocenters. The summed E-state index contributed by atoms with van der Waals surface area (Å²) in [5.41, 5.74) is 0. The van der Waals surface area contributed by atoms with Crippen molar-refractivity contribution in [2.75, 3.05) is 0 Å². The number of hydrogen-bond acceptors (Lipinski definition) is 2. The number of benzene rings is 1. The van der Waals surface area contributed by atoms with E-state index in [2.05, 4.69) is 5.32 Å². The summed E-state index contributed by atoms with van der Waals surface area (Å²) in [6, 6.07) is 8.01. The number of carbonyl (C=O) groups is 1. The second-order valence-corrected chi connectivity index (χ2v) is 6.91. The Morgan fingerprint density at radius 2 is 1.89 bits per heavy atom. The largest absolute Gasteiger partial charge is 0.352 e. The van der Waals surface area contributed by atoms with Gasteiger partial charge in [0.1, 0.15) is 0 Å². The third-order valence-electron chi connectivity index (χ3n) is 3.45. The fourth-order valence-electron chi connectivity index (χ4n) is 2.34. The first-order valence-electron chi connectivity index (χ1n) is 6.88. The Hall–Kier alpha value is -0.670. The minimum absolute atomic E-state index is 0.0666. The molecule has 19 heavy (non-hydrogen) atoms. The summed E-state index contributed by atoms with van der Waals surface area (Å²) < 4.78 is 0. The van der Waals surface area contributed by atoms with E-state index in [0.717, 1.165) is 22.8 Å². The van der Waals surface area contributed by atoms with Gasteiger partial charge in [-0.15, -0.1) is 11.8 Å². The third-order valence-corrected chi connectivity index (χ3v) is 4.81. The van der Waals surface area contributed by atoms with Crippen LogP contribution in [0.25, 0.3) is 0 Å². The van der Waals surface area contributed by atoms with Gasteiger partial charge in [-0.05, 0) is 44.0 Å². The molecular weight excluding hydrogens is 278 g/mol. The van der Waals surface area contributed by atoms with Crippen molar-refractivity contribution in [2.45, 2.75) is 55.2 Å². The fourth-order valence-corrected chi connectivity index (χ4v) is 3.34. The number of hydrogen-bond donors (Lipinski definition) is 1. The van der Waals surface area contributed by atoms with Gasteiger partial charge in [0, 0.05) is 16.0 Å². The molecule has 1 amide bonds. The van der Waals surface area contributed by atoms with Crippen LogP contribution in [0.4, 0.5) is 0 Å². The van der Waals surface area contributed by atoms with Gasteiger partial charge in [0.25, 0.3) is 0 Å². The molecule has 1 N–H and O–H groups in total. The van der Waals surface area contributed by atoms with Gasteiger partial charge >= 0.3 is 0 Å². The molecule has 1 saturated carbocycles. The predicted molar refractivity (Wildman–Crippen MR) is 81.8 cm³/mol. The van der Waals surface area contributed by atoms with Crippen molar-refractivity contribution in [1.82, 2.24) is 5.32 Å². The van der Waals surface area contributed by atoms with E-state index in [4.69, 9.17) is 11.6 Å². The maximum atomic E-state index is 12.1. The van der Waals surface area contributed by atoms with Crippen LogP contribution in [0, 0.1) is 0 Å². The monoisotopic (exact) mass is 297 g/mol. The molecule has 1 aromatic rings. The van der Waals surface area contributed by atoms with Crippen molar-refractivity contribution < 1.29 is 4.79 Å². The molecule has 0 bridgehead atoms. The average Bonchev–Trinajstić information content (AvgIpc) is 2.42. The second-order valence-electron chi connectivity index (χ2n) is 5.06. The molecule has 2 rings (SSSR count). The maximum Gasteiger partial charge on any atom is 0.233 e. The number of halogens is 1. The molecule has 2 nitrogen and oxygen atoms in total. The maximum absolute atomic E-state index is 12.1. The summed E-state index contributed by atoms with van der Waals surface area (Å²) in [5.74, 6) is 0.145. The zero-order chi connectivity index (χ0) is 13.7. The molecule has 0 heterocycles. The normalized spacial score (nSPS) is 18.0. The number of nitrogens with one attached hydrogen (secondary N) is 1. The van der Waals surface area contributed by atoms with Crippen LogP contribution in [-0.2, 0) is 4.79 Å². The Kier molecular flexibility index (Phi) is 5.59. The molecule has 1 aliphatic carbocycles. The van der Waals surface area contributed by atoms with Gasteiger partial charge in [0.2, 0.25) is 5.91 Å². The lowest BCUT2D eigenvalue weighted by atomic mass is 9.95. The summed E-state index contributed by atoms with van der Waals surface area (Å²) >= 11 is 7.43. The molecule has 1 fully saturated rings. The van der Waals surface area contributed by atoms with E-state index >= 15 is 0 Å². The van der Waals surface area contributed by atoms with E-state index in [9.17, 15) is 4.79 Å². The summed E-state index contributed by atoms with van der Waals surface area (Å²) in [7, 11) is 0. The minimum Gasteiger partial charge on any atom is -0.352 e. The lowest BCUT2D eigenvalue weighted by Crippen LogP contribution is -2.40. The van der Waals surface area contributed by atoms with E-state index in [0.29, 0.717) is 6.04 Å². The molecule has 1 aromatic carbocycles. The summed E-state index contributed by atoms with van der Waals surface area (Å²) in [4.78, 5) is 13.2. The topological polar surface area (TPSA) is 29.1 Å². The Balaban J connectivity index is 1.83. The second kappa shape index (κ2) is 7.20. The van der Waals surface area contributed by atoms with E-state index in [-0.39, 0.29) is 11.2 Å². The fraction of sp³-hybridized carbons (Fsp3) is 0.533. The van der Waals surface area contributed by atoms with Gasteiger partial charge < -0.3 is 5.32 Å². The molecule has 4 heteroatoms. The molecule has 0 radical (unpaired) electrons. The molecule has 0 spiro atoms. The van der Waals surface area contributed by atoms with Crippen LogP contribution in [-0.4, -0.2) is 17.2 Å². The van der Waals surface area contributed by atoms with Crippen LogP contribution in [0.2, 0.25) is 5.02 Å². The van der Waals surface area contributed by atoms with Crippen molar-refractivity contribution in [3.8, 4) is 0 Å². The minimum atomic E-state index is -0.0666. The zero-order valence-electron chi connectivity index (χ0n) is 11.2. The van der Waals surface area contributed by atoms with Crippen LogP contribution < -0.4 is 5.32 Å². The first kappa shape index (κ1) is 14.7. The highest BCUT2D eigenvalue weighted by molar-refractivity contribution is 8.00. The van der Waals surface area contributed by atoms with Crippen LogP contribution >= 0.6 is 23.4 Å². The molecule has 104 valence electrons. The van der Waals surface area contributed by atoms with Crippen molar-refractivity contribution in [3.63, 3.8) is 0 Å². The average molecular weight is 298 g/mol. The smallest absolute Gasteiger partial charge is 0.233 e. The van der Waals surface area contributed by atoms with Crippen LogP contribution in [0.1, 0.15) is 39.0 Å². The van der Waals surface area contributed by atoms with E-state index in [1.165, 1.54) is 19.3 Å². The Bertz CT molecular complexity index is 415. The molecule has 0 aliphatic heterocycles. The molecule has 0 unspecified atom stereocenters. The Morgan fingerprint density at radius 3 is 2.53 bits per heavy atom. The molecule has 1 aliphatic rings. The van der Waals surface area contributed by atoms with Gasteiger partial charge in [-0.2, -0.15) is 0 Å². The highest BCUT2D eigenvalue weighted by atomic mass is 35.5. The van der Waals surface area contributed by atoms with Crippen LogP contribution in [0.15, 0.2) is 29.2 Å². The Labute approximate surface area is 124 Å². The Morgan fingerprint density at radius 1 is 1.26 bits per heavy atom. The van der Waals surface area contributed by atoms with Gasteiger partial charge in [-0.1, -0.05) is 30.9 Å². The SMILES string of the molecule is C[C@@H](Sc1ccc(Cl)cc1)C(=O)NC1CCCCC1. The number of amides is 1. The summed E-state index contributed by atoms with van der Waals surface area (Å²) in [5, 5.41) is 3.82. The first-order chi connectivity index (χ1) is 9.15. The van der Waals surface area contributed by atoms with E-state index < -0.39 is 0 Å². The number of carbonyl (C=O) groups excluding carboxylic acids is 1. The standard InChI is InChI=1S/C15H20ClNOS/c1-11(19-14-9-7-12(16)8-10-14)15(18)17-13-5-3-2-4-6-13/h7-11,13H,2-6H2,1H3,(H,17,18)/t11-/m1/s1. The van der Waals surface area contributed by atoms with Crippen molar-refractivity contribution >= 4 is 29.3 Å². The van der Waals surface area contributed by atoms with E-state index in [1.54, 1.807) is 11.8 Å². The zero-order valence-corrected chi connectivity index (χ0v) is 12.8. The predicted octanol–water partition coefficient (Wildman–Crippen LogP) is 4.27. The molecule has 0 aromatic heterocycles. The third kappa shape index (κ3) is 4.73.